The first-order valence-corrected chi connectivity index (χ1v) is 21.8. The van der Waals surface area contributed by atoms with Crippen molar-refractivity contribution in [3.8, 4) is 39.8 Å². The highest BCUT2D eigenvalue weighted by molar-refractivity contribution is 6.10. The Morgan fingerprint density at radius 2 is 1.02 bits per heavy atom. The van der Waals surface area contributed by atoms with Gasteiger partial charge >= 0.3 is 0 Å². The Bertz CT molecular complexity index is 3640. The summed E-state index contributed by atoms with van der Waals surface area (Å²) < 4.78 is 123. The maximum absolute atomic E-state index is 9.75. The summed E-state index contributed by atoms with van der Waals surface area (Å²) in [5.41, 5.74) is 4.81. The number of hydrogen-bond donors (Lipinski definition) is 0. The van der Waals surface area contributed by atoms with Gasteiger partial charge in [-0.05, 0) is 150 Å². The highest BCUT2D eigenvalue weighted by Gasteiger charge is 2.18. The number of para-hydroxylation sites is 1. The van der Waals surface area contributed by atoms with E-state index in [-0.39, 0.29) is 34.1 Å². The second-order valence-corrected chi connectivity index (χ2v) is 16.8. The van der Waals surface area contributed by atoms with Crippen molar-refractivity contribution in [2.45, 2.75) is 91.6 Å². The molecule has 0 fully saturated rings. The Hall–Kier alpha value is -7.16. The number of hydrogen-bond acceptors (Lipinski definition) is 5. The lowest BCUT2D eigenvalue weighted by Gasteiger charge is -2.17. The van der Waals surface area contributed by atoms with Crippen LogP contribution in [0.3, 0.4) is 0 Å². The molecule has 65 heavy (non-hydrogen) atoms. The molecule has 0 bridgehead atoms. The summed E-state index contributed by atoms with van der Waals surface area (Å²) in [5.74, 6) is -0.667. The zero-order chi connectivity index (χ0) is 55.8. The molecule has 9 rings (SSSR count). The minimum Gasteiger partial charge on any atom is -0.455 e. The average molecular weight is 861 g/mol. The summed E-state index contributed by atoms with van der Waals surface area (Å²) in [6, 6.07) is 37.8. The van der Waals surface area contributed by atoms with Crippen LogP contribution in [-0.4, -0.2) is 15.0 Å². The van der Waals surface area contributed by atoms with E-state index in [1.54, 1.807) is 44.2 Å². The lowest BCUT2D eigenvalue weighted by molar-refractivity contribution is 0.666. The standard InChI is InChI=1S/C60H56N4O/c1-38(2)54-32-56(45-14-9-7-10-15-45)62-36-49(54)24-21-43-29-42(30-44(31-43)22-25-50-37-63-57(33-55(50)39(3)4)46-16-11-8-12-17-46)20-23-48-35-64-58(28-40(48)5)53-19-13-18-51-52-27-26-47(34-61)41(6)59(52)65-60(51)53/h7-19,26-33,35-39H,20-25H2,1-6H3/i20D2,21D2,22D2,23D2,24D2,25D2. The van der Waals surface area contributed by atoms with Gasteiger partial charge in [-0.25, -0.2) is 0 Å². The SMILES string of the molecule is [2H]C([2H])(c1cc(C([2H])([2H])C([2H])([2H])c2cnc(-c3ccccc3)cc2C(C)C)cc(C([2H])([2H])C([2H])([2H])c2cnc(-c3ccccc3)cc2C(C)C)c1)C([2H])([2H])c1cnc(-c2cccc3c2oc2c(C)c(C#N)ccc23)cc1C. The normalized spacial score (nSPS) is 15.6. The largest absolute Gasteiger partial charge is 0.455 e. The number of fused-ring (bicyclic) bond motifs is 3. The first-order valence-electron chi connectivity index (χ1n) is 27.8. The zero-order valence-corrected chi connectivity index (χ0v) is 37.2. The van der Waals surface area contributed by atoms with Crippen molar-refractivity contribution in [3.05, 3.63) is 207 Å². The second kappa shape index (κ2) is 18.9. The van der Waals surface area contributed by atoms with Crippen molar-refractivity contribution in [3.63, 3.8) is 0 Å². The molecule has 0 saturated heterocycles. The third-order valence-corrected chi connectivity index (χ3v) is 11.6. The number of aryl methyl sites for hydroxylation is 8. The van der Waals surface area contributed by atoms with Crippen LogP contribution in [0.15, 0.2) is 150 Å². The summed E-state index contributed by atoms with van der Waals surface area (Å²) in [6.45, 7) is 10.8. The predicted octanol–water partition coefficient (Wildman–Crippen LogP) is 14.9. The average Bonchev–Trinajstić information content (AvgIpc) is 3.81. The fourth-order valence-corrected chi connectivity index (χ4v) is 8.06. The Morgan fingerprint density at radius 3 is 1.52 bits per heavy atom. The van der Waals surface area contributed by atoms with Crippen molar-refractivity contribution in [1.29, 1.82) is 5.26 Å². The van der Waals surface area contributed by atoms with E-state index in [1.807, 2.05) is 107 Å². The third kappa shape index (κ3) is 9.26. The van der Waals surface area contributed by atoms with Crippen LogP contribution in [0.4, 0.5) is 0 Å². The Kier molecular flexibility index (Phi) is 8.97. The third-order valence-electron chi connectivity index (χ3n) is 11.6. The van der Waals surface area contributed by atoms with Crippen LogP contribution in [0.2, 0.25) is 0 Å². The molecule has 0 aliphatic carbocycles. The molecular formula is C60H56N4O. The summed E-state index contributed by atoms with van der Waals surface area (Å²) in [6.07, 6.45) is -14.5. The number of furan rings is 1. The minimum absolute atomic E-state index is 0.103. The monoisotopic (exact) mass is 861 g/mol. The fraction of sp³-hybridized carbons (Fsp3) is 0.233. The number of benzene rings is 5. The van der Waals surface area contributed by atoms with Gasteiger partial charge in [0.2, 0.25) is 0 Å². The first kappa shape index (κ1) is 30.8. The predicted molar refractivity (Wildman–Crippen MR) is 267 cm³/mol. The first-order chi connectivity index (χ1) is 36.2. The highest BCUT2D eigenvalue weighted by atomic mass is 16.3. The smallest absolute Gasteiger partial charge is 0.144 e. The van der Waals surface area contributed by atoms with Crippen molar-refractivity contribution in [2.24, 2.45) is 0 Å². The van der Waals surface area contributed by atoms with Crippen LogP contribution < -0.4 is 0 Å². The molecule has 5 heteroatoms. The molecule has 0 aliphatic rings. The van der Waals surface area contributed by atoms with Gasteiger partial charge in [-0.15, -0.1) is 0 Å². The van der Waals surface area contributed by atoms with Gasteiger partial charge in [-0.3, -0.25) is 15.0 Å². The van der Waals surface area contributed by atoms with Crippen molar-refractivity contribution < 1.29 is 20.9 Å². The number of rotatable bonds is 14. The number of pyridine rings is 3. The van der Waals surface area contributed by atoms with E-state index in [0.717, 1.165) is 40.1 Å². The van der Waals surface area contributed by atoms with Crippen LogP contribution >= 0.6 is 0 Å². The van der Waals surface area contributed by atoms with Crippen LogP contribution in [0.5, 0.6) is 0 Å². The Balaban J connectivity index is 1.20. The molecule has 4 aromatic heterocycles. The molecule has 0 unspecified atom stereocenters. The van der Waals surface area contributed by atoms with Crippen LogP contribution in [0.1, 0.15) is 117 Å². The molecule has 0 spiro atoms. The lowest BCUT2D eigenvalue weighted by Crippen LogP contribution is -2.04. The van der Waals surface area contributed by atoms with Gasteiger partial charge in [0.15, 0.2) is 0 Å². The van der Waals surface area contributed by atoms with Gasteiger partial charge in [0.05, 0.1) is 28.7 Å². The molecule has 4 heterocycles. The van der Waals surface area contributed by atoms with Gasteiger partial charge < -0.3 is 4.42 Å². The number of nitriles is 1. The summed E-state index contributed by atoms with van der Waals surface area (Å²) in [4.78, 5) is 13.8. The Morgan fingerprint density at radius 1 is 0.523 bits per heavy atom. The van der Waals surface area contributed by atoms with Crippen molar-refractivity contribution in [2.75, 3.05) is 0 Å². The number of aromatic nitrogens is 3. The maximum atomic E-state index is 9.75. The van der Waals surface area contributed by atoms with Crippen LogP contribution in [0.25, 0.3) is 55.7 Å². The summed E-state index contributed by atoms with van der Waals surface area (Å²) in [7, 11) is 0. The lowest BCUT2D eigenvalue weighted by atomic mass is 9.90. The molecule has 5 aromatic carbocycles. The molecule has 9 aromatic rings. The van der Waals surface area contributed by atoms with Gasteiger partial charge in [-0.2, -0.15) is 5.26 Å². The zero-order valence-electron chi connectivity index (χ0n) is 49.2. The molecule has 0 amide bonds. The second-order valence-electron chi connectivity index (χ2n) is 16.8. The highest BCUT2D eigenvalue weighted by Crippen LogP contribution is 2.38. The van der Waals surface area contributed by atoms with E-state index >= 15 is 0 Å². The Labute approximate surface area is 400 Å². The van der Waals surface area contributed by atoms with E-state index in [2.05, 4.69) is 21.0 Å². The minimum atomic E-state index is -3.14. The molecule has 0 radical (unpaired) electrons. The topological polar surface area (TPSA) is 75.6 Å². The van der Waals surface area contributed by atoms with E-state index in [1.165, 1.54) is 18.6 Å². The van der Waals surface area contributed by atoms with Gasteiger partial charge in [0.25, 0.3) is 0 Å². The number of nitrogens with zero attached hydrogens (tertiary/aromatic N) is 4. The van der Waals surface area contributed by atoms with Gasteiger partial charge in [-0.1, -0.05) is 119 Å². The molecule has 0 atom stereocenters. The quantitative estimate of drug-likeness (QED) is 0.109. The molecule has 0 saturated carbocycles. The summed E-state index contributed by atoms with van der Waals surface area (Å²) >= 11 is 0. The molecule has 0 N–H and O–H groups in total. The van der Waals surface area contributed by atoms with E-state index < -0.39 is 54.9 Å². The van der Waals surface area contributed by atoms with Crippen molar-refractivity contribution >= 4 is 21.9 Å². The maximum Gasteiger partial charge on any atom is 0.144 e. The molecule has 0 aliphatic heterocycles. The van der Waals surface area contributed by atoms with Crippen LogP contribution in [-0.2, 0) is 38.2 Å². The van der Waals surface area contributed by atoms with Gasteiger partial charge in [0, 0.05) is 68.1 Å². The summed E-state index contributed by atoms with van der Waals surface area (Å²) in [5, 5.41) is 11.3. The molecular weight excluding hydrogens is 793 g/mol. The van der Waals surface area contributed by atoms with E-state index in [0.29, 0.717) is 56.1 Å². The van der Waals surface area contributed by atoms with Crippen LogP contribution in [0, 0.1) is 25.2 Å². The van der Waals surface area contributed by atoms with Crippen molar-refractivity contribution in [1.82, 2.24) is 15.0 Å². The fourth-order valence-electron chi connectivity index (χ4n) is 8.06. The van der Waals surface area contributed by atoms with E-state index in [9.17, 15) is 21.7 Å². The molecule has 5 nitrogen and oxygen atoms in total. The van der Waals surface area contributed by atoms with E-state index in [4.69, 9.17) is 4.42 Å². The van der Waals surface area contributed by atoms with Gasteiger partial charge in [0.1, 0.15) is 11.2 Å². The molecule has 322 valence electrons.